The molecule has 2 atom stereocenters. The van der Waals surface area contributed by atoms with Crippen molar-refractivity contribution in [3.63, 3.8) is 0 Å². The molecule has 2 fully saturated rings. The number of rotatable bonds is 3. The number of hydrogen-bond acceptors (Lipinski definition) is 4. The average molecular weight is 356 g/mol. The minimum absolute atomic E-state index is 0.0563. The van der Waals surface area contributed by atoms with Gasteiger partial charge in [-0.05, 0) is 45.6 Å². The second kappa shape index (κ2) is 5.79. The van der Waals surface area contributed by atoms with Crippen LogP contribution in [0.15, 0.2) is 12.3 Å². The first-order valence-corrected chi connectivity index (χ1v) is 9.21. The van der Waals surface area contributed by atoms with Crippen LogP contribution in [0.1, 0.15) is 55.2 Å². The van der Waals surface area contributed by atoms with Crippen molar-refractivity contribution in [1.29, 1.82) is 0 Å². The zero-order valence-corrected chi connectivity index (χ0v) is 15.4. The van der Waals surface area contributed by atoms with Gasteiger partial charge in [0.2, 0.25) is 0 Å². The van der Waals surface area contributed by atoms with Crippen molar-refractivity contribution in [3.8, 4) is 0 Å². The number of likely N-dealkylation sites (tertiary alicyclic amines) is 1. The maximum atomic E-state index is 13.3. The van der Waals surface area contributed by atoms with E-state index in [1.54, 1.807) is 17.2 Å². The first-order chi connectivity index (χ1) is 12.3. The number of fused-ring (bicyclic) bond motifs is 2. The van der Waals surface area contributed by atoms with Crippen LogP contribution in [0.3, 0.4) is 0 Å². The van der Waals surface area contributed by atoms with Crippen molar-refractivity contribution < 1.29 is 14.7 Å². The fourth-order valence-corrected chi connectivity index (χ4v) is 4.66. The predicted molar refractivity (Wildman–Crippen MR) is 96.0 cm³/mol. The molecule has 138 valence electrons. The van der Waals surface area contributed by atoms with Gasteiger partial charge in [0.15, 0.2) is 5.65 Å². The van der Waals surface area contributed by atoms with E-state index in [1.165, 1.54) is 0 Å². The number of amides is 1. The minimum atomic E-state index is -0.765. The molecule has 7 nitrogen and oxygen atoms in total. The highest BCUT2D eigenvalue weighted by molar-refractivity contribution is 6.06. The standard InChI is InChI=1S/C19H24N4O3/c1-11(2)23-16-15(8-20-23)14(7-12(3)21-16)17(24)22-9-13-5-4-6-19(13,10-22)18(25)26/h7-8,11,13H,4-6,9-10H2,1-3H3,(H,25,26)/t13-,19+/m0/s1. The highest BCUT2D eigenvalue weighted by Gasteiger charge is 2.55. The molecule has 3 heterocycles. The molecule has 4 rings (SSSR count). The smallest absolute Gasteiger partial charge is 0.311 e. The summed E-state index contributed by atoms with van der Waals surface area (Å²) >= 11 is 0. The highest BCUT2D eigenvalue weighted by atomic mass is 16.4. The SMILES string of the molecule is Cc1cc(C(=O)N2C[C@@H]3CCC[C@@]3(C(=O)O)C2)c2cnn(C(C)C)c2n1. The van der Waals surface area contributed by atoms with E-state index in [1.807, 2.05) is 25.5 Å². The monoisotopic (exact) mass is 356 g/mol. The molecule has 2 aromatic rings. The topological polar surface area (TPSA) is 88.3 Å². The normalized spacial score (nSPS) is 25.2. The molecule has 0 radical (unpaired) electrons. The summed E-state index contributed by atoms with van der Waals surface area (Å²) in [7, 11) is 0. The zero-order chi connectivity index (χ0) is 18.6. The average Bonchev–Trinajstić information content (AvgIpc) is 3.24. The van der Waals surface area contributed by atoms with E-state index in [-0.39, 0.29) is 17.9 Å². The zero-order valence-electron chi connectivity index (χ0n) is 15.4. The van der Waals surface area contributed by atoms with E-state index in [2.05, 4.69) is 10.1 Å². The van der Waals surface area contributed by atoms with Crippen LogP contribution in [0.25, 0.3) is 11.0 Å². The van der Waals surface area contributed by atoms with Crippen molar-refractivity contribution in [2.75, 3.05) is 13.1 Å². The van der Waals surface area contributed by atoms with Crippen molar-refractivity contribution in [2.45, 2.75) is 46.1 Å². The van der Waals surface area contributed by atoms with E-state index < -0.39 is 11.4 Å². The van der Waals surface area contributed by atoms with Gasteiger partial charge in [0, 0.05) is 24.8 Å². The molecule has 0 aromatic carbocycles. The minimum Gasteiger partial charge on any atom is -0.481 e. The molecule has 0 unspecified atom stereocenters. The van der Waals surface area contributed by atoms with Gasteiger partial charge in [-0.3, -0.25) is 9.59 Å². The molecule has 0 bridgehead atoms. The van der Waals surface area contributed by atoms with Crippen LogP contribution in [0.2, 0.25) is 0 Å². The van der Waals surface area contributed by atoms with Crippen molar-refractivity contribution in [1.82, 2.24) is 19.7 Å². The third-order valence-corrected chi connectivity index (χ3v) is 6.00. The Bertz CT molecular complexity index is 904. The molecule has 0 spiro atoms. The molecule has 26 heavy (non-hydrogen) atoms. The number of hydrogen-bond donors (Lipinski definition) is 1. The lowest BCUT2D eigenvalue weighted by Crippen LogP contribution is -2.37. The Kier molecular flexibility index (Phi) is 3.78. The Hall–Kier alpha value is -2.44. The summed E-state index contributed by atoms with van der Waals surface area (Å²) < 4.78 is 1.82. The van der Waals surface area contributed by atoms with Gasteiger partial charge in [-0.25, -0.2) is 9.67 Å². The van der Waals surface area contributed by atoms with Crippen LogP contribution < -0.4 is 0 Å². The fourth-order valence-electron chi connectivity index (χ4n) is 4.66. The number of carbonyl (C=O) groups is 2. The predicted octanol–water partition coefficient (Wildman–Crippen LogP) is 2.65. The summed E-state index contributed by atoms with van der Waals surface area (Å²) in [5.41, 5.74) is 1.27. The number of carboxylic acid groups (broad SMARTS) is 1. The van der Waals surface area contributed by atoms with Crippen LogP contribution in [0.5, 0.6) is 0 Å². The van der Waals surface area contributed by atoms with E-state index in [9.17, 15) is 14.7 Å². The highest BCUT2D eigenvalue weighted by Crippen LogP contribution is 2.49. The summed E-state index contributed by atoms with van der Waals surface area (Å²) in [4.78, 5) is 31.4. The number of aryl methyl sites for hydroxylation is 1. The lowest BCUT2D eigenvalue weighted by molar-refractivity contribution is -0.149. The molecular weight excluding hydrogens is 332 g/mol. The summed E-state index contributed by atoms with van der Waals surface area (Å²) in [5, 5.41) is 14.9. The lowest BCUT2D eigenvalue weighted by atomic mass is 9.81. The number of nitrogens with zero attached hydrogens (tertiary/aromatic N) is 4. The summed E-state index contributed by atoms with van der Waals surface area (Å²) in [6.45, 7) is 6.73. The van der Waals surface area contributed by atoms with Crippen LogP contribution in [0.4, 0.5) is 0 Å². The Labute approximate surface area is 152 Å². The van der Waals surface area contributed by atoms with Gasteiger partial charge in [-0.1, -0.05) is 6.42 Å². The second-order valence-electron chi connectivity index (χ2n) is 7.97. The summed E-state index contributed by atoms with van der Waals surface area (Å²) in [6.07, 6.45) is 4.16. The molecule has 1 amide bonds. The molecule has 1 N–H and O–H groups in total. The molecular formula is C19H24N4O3. The fraction of sp³-hybridized carbons (Fsp3) is 0.579. The molecule has 2 aromatic heterocycles. The van der Waals surface area contributed by atoms with Crippen LogP contribution in [0, 0.1) is 18.3 Å². The second-order valence-corrected chi connectivity index (χ2v) is 7.97. The first kappa shape index (κ1) is 17.0. The van der Waals surface area contributed by atoms with Gasteiger partial charge in [-0.15, -0.1) is 0 Å². The van der Waals surface area contributed by atoms with Gasteiger partial charge >= 0.3 is 5.97 Å². The summed E-state index contributed by atoms with van der Waals surface area (Å²) in [5.74, 6) is -0.821. The molecule has 2 aliphatic rings. The van der Waals surface area contributed by atoms with Crippen LogP contribution in [-0.4, -0.2) is 49.7 Å². The quantitative estimate of drug-likeness (QED) is 0.913. The Morgan fingerprint density at radius 1 is 1.38 bits per heavy atom. The lowest BCUT2D eigenvalue weighted by Gasteiger charge is -2.23. The van der Waals surface area contributed by atoms with Crippen LogP contribution in [-0.2, 0) is 4.79 Å². The largest absolute Gasteiger partial charge is 0.481 e. The number of aromatic nitrogens is 3. The third kappa shape index (κ3) is 2.33. The van der Waals surface area contributed by atoms with Crippen LogP contribution >= 0.6 is 0 Å². The van der Waals surface area contributed by atoms with E-state index in [0.29, 0.717) is 30.7 Å². The molecule has 7 heteroatoms. The Balaban J connectivity index is 1.73. The molecule has 1 aliphatic carbocycles. The maximum Gasteiger partial charge on any atom is 0.311 e. The van der Waals surface area contributed by atoms with Crippen molar-refractivity contribution in [2.24, 2.45) is 11.3 Å². The number of pyridine rings is 1. The Morgan fingerprint density at radius 2 is 2.15 bits per heavy atom. The molecule has 1 aliphatic heterocycles. The van der Waals surface area contributed by atoms with E-state index in [0.717, 1.165) is 23.9 Å². The maximum absolute atomic E-state index is 13.3. The van der Waals surface area contributed by atoms with Gasteiger partial charge in [0.25, 0.3) is 5.91 Å². The molecule has 1 saturated carbocycles. The van der Waals surface area contributed by atoms with E-state index >= 15 is 0 Å². The van der Waals surface area contributed by atoms with Gasteiger partial charge in [-0.2, -0.15) is 5.10 Å². The van der Waals surface area contributed by atoms with Gasteiger partial charge in [0.1, 0.15) is 0 Å². The van der Waals surface area contributed by atoms with Gasteiger partial charge in [0.05, 0.1) is 22.6 Å². The third-order valence-electron chi connectivity index (χ3n) is 6.00. The first-order valence-electron chi connectivity index (χ1n) is 9.21. The number of carbonyl (C=O) groups excluding carboxylic acids is 1. The van der Waals surface area contributed by atoms with Crippen molar-refractivity contribution >= 4 is 22.9 Å². The number of carboxylic acids is 1. The number of aliphatic carboxylic acids is 1. The van der Waals surface area contributed by atoms with E-state index in [4.69, 9.17) is 0 Å². The van der Waals surface area contributed by atoms with Crippen molar-refractivity contribution in [3.05, 3.63) is 23.5 Å². The van der Waals surface area contributed by atoms with Gasteiger partial charge < -0.3 is 10.0 Å². The Morgan fingerprint density at radius 3 is 2.81 bits per heavy atom. The molecule has 1 saturated heterocycles. The summed E-state index contributed by atoms with van der Waals surface area (Å²) in [6, 6.07) is 1.93.